The molecule has 0 bridgehead atoms. The van der Waals surface area contributed by atoms with E-state index < -0.39 is 12.0 Å². The highest BCUT2D eigenvalue weighted by atomic mass is 32.1. The molecule has 0 spiro atoms. The highest BCUT2D eigenvalue weighted by molar-refractivity contribution is 7.19. The van der Waals surface area contributed by atoms with Gasteiger partial charge in [0.05, 0.1) is 23.9 Å². The second-order valence-electron chi connectivity index (χ2n) is 7.75. The Hall–Kier alpha value is -3.78. The number of hydrogen-bond donors (Lipinski definition) is 1. The number of esters is 1. The molecular formula is C26H25N3O4S. The zero-order valence-corrected chi connectivity index (χ0v) is 20.0. The summed E-state index contributed by atoms with van der Waals surface area (Å²) in [6, 6.07) is 15.5. The fourth-order valence-electron chi connectivity index (χ4n) is 3.96. The lowest BCUT2D eigenvalue weighted by Gasteiger charge is -2.18. The van der Waals surface area contributed by atoms with Crippen LogP contribution >= 0.6 is 11.3 Å². The zero-order chi connectivity index (χ0) is 24.2. The maximum Gasteiger partial charge on any atom is 0.338 e. The number of fused-ring (bicyclic) bond motifs is 1. The number of nitrogens with one attached hydrogen (secondary N) is 1. The number of aryl methyl sites for hydroxylation is 1. The average molecular weight is 476 g/mol. The number of carbonyl (C=O) groups excluding carboxylic acids is 2. The van der Waals surface area contributed by atoms with Gasteiger partial charge < -0.3 is 10.1 Å². The van der Waals surface area contributed by atoms with Gasteiger partial charge in [0.1, 0.15) is 10.9 Å². The van der Waals surface area contributed by atoms with Crippen LogP contribution in [0.15, 0.2) is 65.7 Å². The summed E-state index contributed by atoms with van der Waals surface area (Å²) in [5.41, 5.74) is 2.33. The van der Waals surface area contributed by atoms with Gasteiger partial charge in [-0.05, 0) is 44.0 Å². The molecule has 0 saturated heterocycles. The molecule has 2 aromatic carbocycles. The summed E-state index contributed by atoms with van der Waals surface area (Å²) in [5, 5.41) is 3.34. The molecule has 7 nitrogen and oxygen atoms in total. The lowest BCUT2D eigenvalue weighted by atomic mass is 10.0. The number of hydrogen-bond acceptors (Lipinski definition) is 6. The Morgan fingerprint density at radius 1 is 1.12 bits per heavy atom. The highest BCUT2D eigenvalue weighted by Crippen LogP contribution is 2.35. The largest absolute Gasteiger partial charge is 0.462 e. The smallest absolute Gasteiger partial charge is 0.338 e. The molecule has 4 rings (SSSR count). The van der Waals surface area contributed by atoms with E-state index in [0.717, 1.165) is 16.0 Å². The van der Waals surface area contributed by atoms with Crippen molar-refractivity contribution in [2.24, 2.45) is 0 Å². The lowest BCUT2D eigenvalue weighted by molar-refractivity contribution is -0.119. The number of rotatable bonds is 7. The van der Waals surface area contributed by atoms with Crippen molar-refractivity contribution >= 4 is 39.1 Å². The molecule has 1 amide bonds. The molecule has 0 saturated carbocycles. The van der Waals surface area contributed by atoms with Crippen LogP contribution in [0.2, 0.25) is 0 Å². The number of amides is 1. The number of carbonyl (C=O) groups is 2. The maximum absolute atomic E-state index is 13.6. The minimum absolute atomic E-state index is 0.254. The van der Waals surface area contributed by atoms with E-state index in [2.05, 4.69) is 10.3 Å². The Kier molecular flexibility index (Phi) is 6.88. The van der Waals surface area contributed by atoms with Crippen molar-refractivity contribution in [3.8, 4) is 11.1 Å². The number of nitrogens with zero attached hydrogens (tertiary/aromatic N) is 2. The van der Waals surface area contributed by atoms with Crippen LogP contribution in [-0.2, 0) is 9.53 Å². The topological polar surface area (TPSA) is 90.3 Å². The number of thiophene rings is 1. The molecule has 0 aliphatic rings. The van der Waals surface area contributed by atoms with Gasteiger partial charge in [-0.3, -0.25) is 14.2 Å². The van der Waals surface area contributed by atoms with Crippen LogP contribution in [0.3, 0.4) is 0 Å². The fourth-order valence-corrected chi connectivity index (χ4v) is 4.97. The third-order valence-corrected chi connectivity index (χ3v) is 6.56. The molecule has 8 heteroatoms. The SMILES string of the molecule is CCOC(=O)c1cccc(NC(=O)C(CC)n2cnc3sc(C)c(-c4ccccc4)c3c2=O)c1. The Labute approximate surface area is 201 Å². The van der Waals surface area contributed by atoms with Gasteiger partial charge in [-0.2, -0.15) is 0 Å². The van der Waals surface area contributed by atoms with E-state index in [1.165, 1.54) is 22.2 Å². The van der Waals surface area contributed by atoms with Crippen LogP contribution in [-0.4, -0.2) is 28.0 Å². The average Bonchev–Trinajstić information content (AvgIpc) is 3.18. The van der Waals surface area contributed by atoms with Crippen molar-refractivity contribution in [3.63, 3.8) is 0 Å². The van der Waals surface area contributed by atoms with E-state index in [4.69, 9.17) is 4.74 Å². The van der Waals surface area contributed by atoms with Gasteiger partial charge in [0.25, 0.3) is 5.56 Å². The van der Waals surface area contributed by atoms with E-state index in [0.29, 0.717) is 27.9 Å². The predicted octanol–water partition coefficient (Wildman–Crippen LogP) is 5.20. The van der Waals surface area contributed by atoms with Crippen LogP contribution in [0.1, 0.15) is 41.5 Å². The third kappa shape index (κ3) is 4.49. The monoisotopic (exact) mass is 475 g/mol. The van der Waals surface area contributed by atoms with Crippen LogP contribution in [0, 0.1) is 6.92 Å². The summed E-state index contributed by atoms with van der Waals surface area (Å²) in [6.45, 7) is 5.81. The van der Waals surface area contributed by atoms with Gasteiger partial charge in [-0.25, -0.2) is 9.78 Å². The van der Waals surface area contributed by atoms with E-state index in [9.17, 15) is 14.4 Å². The van der Waals surface area contributed by atoms with Gasteiger partial charge in [0.15, 0.2) is 0 Å². The standard InChI is InChI=1S/C26H25N3O4S/c1-4-20(23(30)28-19-13-9-12-18(14-19)26(32)33-5-2)29-15-27-24-22(25(29)31)21(16(3)34-24)17-10-7-6-8-11-17/h6-15,20H,4-5H2,1-3H3,(H,28,30). The first kappa shape index (κ1) is 23.4. The molecule has 34 heavy (non-hydrogen) atoms. The molecule has 1 unspecified atom stereocenters. The molecule has 1 atom stereocenters. The summed E-state index contributed by atoms with van der Waals surface area (Å²) < 4.78 is 6.42. The van der Waals surface area contributed by atoms with Crippen molar-refractivity contribution < 1.29 is 14.3 Å². The van der Waals surface area contributed by atoms with Gasteiger partial charge in [0.2, 0.25) is 5.91 Å². The summed E-state index contributed by atoms with van der Waals surface area (Å²) in [5.74, 6) is -0.822. The predicted molar refractivity (Wildman–Crippen MR) is 134 cm³/mol. The number of anilines is 1. The number of ether oxygens (including phenoxy) is 1. The van der Waals surface area contributed by atoms with Crippen LogP contribution in [0.25, 0.3) is 21.3 Å². The van der Waals surface area contributed by atoms with Crippen molar-refractivity contribution in [1.82, 2.24) is 9.55 Å². The molecule has 0 fully saturated rings. The number of benzene rings is 2. The molecule has 2 heterocycles. The fraction of sp³-hybridized carbons (Fsp3) is 0.231. The van der Waals surface area contributed by atoms with Crippen molar-refractivity contribution in [2.75, 3.05) is 11.9 Å². The van der Waals surface area contributed by atoms with E-state index in [-0.39, 0.29) is 18.1 Å². The normalized spacial score (nSPS) is 11.9. The van der Waals surface area contributed by atoms with Gasteiger partial charge >= 0.3 is 5.97 Å². The molecule has 1 N–H and O–H groups in total. The summed E-state index contributed by atoms with van der Waals surface area (Å²) in [4.78, 5) is 45.0. The first-order valence-electron chi connectivity index (χ1n) is 11.1. The summed E-state index contributed by atoms with van der Waals surface area (Å²) >= 11 is 1.47. The van der Waals surface area contributed by atoms with E-state index in [1.54, 1.807) is 31.2 Å². The first-order valence-corrected chi connectivity index (χ1v) is 11.9. The second kappa shape index (κ2) is 10.0. The maximum atomic E-state index is 13.6. The van der Waals surface area contributed by atoms with Gasteiger partial charge in [-0.15, -0.1) is 11.3 Å². The molecule has 0 radical (unpaired) electrons. The van der Waals surface area contributed by atoms with E-state index in [1.807, 2.05) is 44.2 Å². The first-order chi connectivity index (χ1) is 16.4. The van der Waals surface area contributed by atoms with Gasteiger partial charge in [-0.1, -0.05) is 43.3 Å². The molecule has 0 aliphatic heterocycles. The quantitative estimate of drug-likeness (QED) is 0.371. The third-order valence-electron chi connectivity index (χ3n) is 5.54. The van der Waals surface area contributed by atoms with Crippen molar-refractivity contribution in [3.05, 3.63) is 81.7 Å². The molecular weight excluding hydrogens is 450 g/mol. The zero-order valence-electron chi connectivity index (χ0n) is 19.2. The van der Waals surface area contributed by atoms with E-state index >= 15 is 0 Å². The van der Waals surface area contributed by atoms with Crippen LogP contribution in [0.5, 0.6) is 0 Å². The molecule has 4 aromatic rings. The van der Waals surface area contributed by atoms with Gasteiger partial charge in [0, 0.05) is 16.1 Å². The number of aromatic nitrogens is 2. The summed E-state index contributed by atoms with van der Waals surface area (Å²) in [6.07, 6.45) is 1.83. The van der Waals surface area contributed by atoms with Crippen LogP contribution < -0.4 is 10.9 Å². The Morgan fingerprint density at radius 2 is 1.88 bits per heavy atom. The minimum atomic E-state index is -0.764. The minimum Gasteiger partial charge on any atom is -0.462 e. The molecule has 174 valence electrons. The molecule has 2 aromatic heterocycles. The Bertz CT molecular complexity index is 1410. The Balaban J connectivity index is 1.70. The Morgan fingerprint density at radius 3 is 2.59 bits per heavy atom. The lowest BCUT2D eigenvalue weighted by Crippen LogP contribution is -2.33. The summed E-state index contributed by atoms with van der Waals surface area (Å²) in [7, 11) is 0. The van der Waals surface area contributed by atoms with Crippen molar-refractivity contribution in [1.29, 1.82) is 0 Å². The van der Waals surface area contributed by atoms with Crippen molar-refractivity contribution in [2.45, 2.75) is 33.2 Å². The highest BCUT2D eigenvalue weighted by Gasteiger charge is 2.24. The molecule has 0 aliphatic carbocycles. The van der Waals surface area contributed by atoms with Crippen LogP contribution in [0.4, 0.5) is 5.69 Å². The second-order valence-corrected chi connectivity index (χ2v) is 8.95.